The van der Waals surface area contributed by atoms with Gasteiger partial charge in [-0.1, -0.05) is 13.8 Å². The Labute approximate surface area is 131 Å². The number of sulfonamides is 1. The zero-order valence-corrected chi connectivity index (χ0v) is 14.5. The Morgan fingerprint density at radius 2 is 2.05 bits per heavy atom. The third kappa shape index (κ3) is 5.25. The van der Waals surface area contributed by atoms with E-state index < -0.39 is 15.8 Å². The molecule has 4 nitrogen and oxygen atoms in total. The second kappa shape index (κ2) is 8.12. The minimum atomic E-state index is -3.70. The Morgan fingerprint density at radius 1 is 1.38 bits per heavy atom. The van der Waals surface area contributed by atoms with Crippen LogP contribution in [-0.4, -0.2) is 33.0 Å². The molecule has 0 aliphatic rings. The highest BCUT2D eigenvalue weighted by atomic mass is 32.2. The van der Waals surface area contributed by atoms with E-state index in [1.54, 1.807) is 11.8 Å². The van der Waals surface area contributed by atoms with Crippen LogP contribution in [-0.2, 0) is 16.6 Å². The third-order valence-electron chi connectivity index (χ3n) is 3.19. The van der Waals surface area contributed by atoms with Gasteiger partial charge in [0, 0.05) is 23.9 Å². The Bertz CT molecular complexity index is 577. The van der Waals surface area contributed by atoms with Gasteiger partial charge in [0.15, 0.2) is 0 Å². The van der Waals surface area contributed by atoms with Gasteiger partial charge in [-0.05, 0) is 37.4 Å². The van der Waals surface area contributed by atoms with Gasteiger partial charge in [0.1, 0.15) is 5.82 Å². The second-order valence-corrected chi connectivity index (χ2v) is 7.89. The van der Waals surface area contributed by atoms with E-state index in [1.165, 1.54) is 19.1 Å². The van der Waals surface area contributed by atoms with E-state index in [-0.39, 0.29) is 15.7 Å². The molecule has 21 heavy (non-hydrogen) atoms. The summed E-state index contributed by atoms with van der Waals surface area (Å²) in [5.41, 5.74) is 0.776. The highest BCUT2D eigenvalue weighted by Gasteiger charge is 2.20. The van der Waals surface area contributed by atoms with Gasteiger partial charge in [-0.15, -0.1) is 0 Å². The SMILES string of the molecule is CCNCc1cc(F)c(C)c(S(=O)(=O)NCC(C)SC)c1. The Kier molecular flexibility index (Phi) is 7.12. The van der Waals surface area contributed by atoms with Crippen LogP contribution in [0.3, 0.4) is 0 Å². The summed E-state index contributed by atoms with van der Waals surface area (Å²) in [6, 6.07) is 2.91. The fourth-order valence-electron chi connectivity index (χ4n) is 1.75. The van der Waals surface area contributed by atoms with E-state index in [2.05, 4.69) is 10.0 Å². The van der Waals surface area contributed by atoms with Crippen molar-refractivity contribution in [3.05, 3.63) is 29.1 Å². The van der Waals surface area contributed by atoms with E-state index >= 15 is 0 Å². The van der Waals surface area contributed by atoms with Crippen molar-refractivity contribution >= 4 is 21.8 Å². The van der Waals surface area contributed by atoms with Crippen LogP contribution in [0.1, 0.15) is 25.0 Å². The number of hydrogen-bond acceptors (Lipinski definition) is 4. The fourth-order valence-corrected chi connectivity index (χ4v) is 3.53. The molecule has 0 amide bonds. The molecule has 0 heterocycles. The normalized spacial score (nSPS) is 13.4. The minimum absolute atomic E-state index is 0.0173. The maximum Gasteiger partial charge on any atom is 0.240 e. The number of rotatable bonds is 8. The molecule has 7 heteroatoms. The lowest BCUT2D eigenvalue weighted by atomic mass is 10.1. The molecule has 1 unspecified atom stereocenters. The summed E-state index contributed by atoms with van der Waals surface area (Å²) in [5.74, 6) is -0.497. The summed E-state index contributed by atoms with van der Waals surface area (Å²) < 4.78 is 41.2. The van der Waals surface area contributed by atoms with Gasteiger partial charge in [0.2, 0.25) is 10.0 Å². The molecular formula is C14H23FN2O2S2. The van der Waals surface area contributed by atoms with E-state index in [1.807, 2.05) is 20.1 Å². The molecule has 0 fully saturated rings. The van der Waals surface area contributed by atoms with E-state index in [4.69, 9.17) is 0 Å². The maximum atomic E-state index is 13.9. The monoisotopic (exact) mass is 334 g/mol. The highest BCUT2D eigenvalue weighted by molar-refractivity contribution is 7.99. The molecule has 0 radical (unpaired) electrons. The van der Waals surface area contributed by atoms with E-state index in [0.717, 1.165) is 6.54 Å². The molecule has 0 aliphatic heterocycles. The second-order valence-electron chi connectivity index (χ2n) is 4.88. The van der Waals surface area contributed by atoms with Crippen molar-refractivity contribution in [2.45, 2.75) is 37.5 Å². The van der Waals surface area contributed by atoms with Crippen molar-refractivity contribution in [1.82, 2.24) is 10.0 Å². The molecule has 0 saturated heterocycles. The molecule has 1 aromatic rings. The van der Waals surface area contributed by atoms with Crippen LogP contribution >= 0.6 is 11.8 Å². The van der Waals surface area contributed by atoms with E-state index in [9.17, 15) is 12.8 Å². The molecule has 2 N–H and O–H groups in total. The number of halogens is 1. The first kappa shape index (κ1) is 18.4. The van der Waals surface area contributed by atoms with E-state index in [0.29, 0.717) is 18.7 Å². The molecular weight excluding hydrogens is 311 g/mol. The number of thioether (sulfide) groups is 1. The van der Waals surface area contributed by atoms with Crippen molar-refractivity contribution in [2.75, 3.05) is 19.3 Å². The Morgan fingerprint density at radius 3 is 2.62 bits per heavy atom. The highest BCUT2D eigenvalue weighted by Crippen LogP contribution is 2.21. The predicted octanol–water partition coefficient (Wildman–Crippen LogP) is 2.27. The quantitative estimate of drug-likeness (QED) is 0.766. The zero-order valence-electron chi connectivity index (χ0n) is 12.9. The van der Waals surface area contributed by atoms with Crippen molar-refractivity contribution in [3.8, 4) is 0 Å². The van der Waals surface area contributed by atoms with Crippen molar-refractivity contribution < 1.29 is 12.8 Å². The first-order chi connectivity index (χ1) is 9.81. The predicted molar refractivity (Wildman–Crippen MR) is 86.7 cm³/mol. The summed E-state index contributed by atoms with van der Waals surface area (Å²) in [4.78, 5) is 0.0173. The first-order valence-corrected chi connectivity index (χ1v) is 9.61. The lowest BCUT2D eigenvalue weighted by Gasteiger charge is -2.14. The van der Waals surface area contributed by atoms with Crippen LogP contribution in [0.15, 0.2) is 17.0 Å². The molecule has 1 aromatic carbocycles. The van der Waals surface area contributed by atoms with Crippen LogP contribution in [0.25, 0.3) is 0 Å². The third-order valence-corrected chi connectivity index (χ3v) is 5.71. The lowest BCUT2D eigenvalue weighted by Crippen LogP contribution is -2.30. The van der Waals surface area contributed by atoms with Crippen molar-refractivity contribution in [2.24, 2.45) is 0 Å². The van der Waals surface area contributed by atoms with Gasteiger partial charge in [-0.25, -0.2) is 17.5 Å². The fraction of sp³-hybridized carbons (Fsp3) is 0.571. The maximum absolute atomic E-state index is 13.9. The molecule has 1 rings (SSSR count). The van der Waals surface area contributed by atoms with Gasteiger partial charge in [0.05, 0.1) is 4.90 Å². The number of nitrogens with one attached hydrogen (secondary N) is 2. The van der Waals surface area contributed by atoms with Crippen molar-refractivity contribution in [1.29, 1.82) is 0 Å². The molecule has 0 spiro atoms. The van der Waals surface area contributed by atoms with Crippen LogP contribution in [0.4, 0.5) is 4.39 Å². The van der Waals surface area contributed by atoms with Gasteiger partial charge < -0.3 is 5.32 Å². The van der Waals surface area contributed by atoms with Crippen LogP contribution in [0, 0.1) is 12.7 Å². The number of benzene rings is 1. The van der Waals surface area contributed by atoms with Gasteiger partial charge in [0.25, 0.3) is 0 Å². The van der Waals surface area contributed by atoms with Crippen molar-refractivity contribution in [3.63, 3.8) is 0 Å². The molecule has 0 saturated carbocycles. The molecule has 0 aromatic heterocycles. The van der Waals surface area contributed by atoms with Crippen LogP contribution in [0.2, 0.25) is 0 Å². The molecule has 1 atom stereocenters. The molecule has 0 aliphatic carbocycles. The summed E-state index contributed by atoms with van der Waals surface area (Å²) >= 11 is 1.57. The molecule has 0 bridgehead atoms. The van der Waals surface area contributed by atoms with Gasteiger partial charge in [-0.3, -0.25) is 0 Å². The Hall–Kier alpha value is -0.630. The summed E-state index contributed by atoms with van der Waals surface area (Å²) in [5, 5.41) is 3.23. The zero-order chi connectivity index (χ0) is 16.0. The topological polar surface area (TPSA) is 58.2 Å². The summed E-state index contributed by atoms with van der Waals surface area (Å²) in [7, 11) is -3.70. The van der Waals surface area contributed by atoms with Gasteiger partial charge in [-0.2, -0.15) is 11.8 Å². The summed E-state index contributed by atoms with van der Waals surface area (Å²) in [6.07, 6.45) is 1.92. The molecule has 120 valence electrons. The first-order valence-electron chi connectivity index (χ1n) is 6.84. The number of hydrogen-bond donors (Lipinski definition) is 2. The largest absolute Gasteiger partial charge is 0.313 e. The average Bonchev–Trinajstić information content (AvgIpc) is 2.45. The smallest absolute Gasteiger partial charge is 0.240 e. The average molecular weight is 334 g/mol. The Balaban J connectivity index is 3.06. The minimum Gasteiger partial charge on any atom is -0.313 e. The van der Waals surface area contributed by atoms with Crippen LogP contribution in [0.5, 0.6) is 0 Å². The van der Waals surface area contributed by atoms with Gasteiger partial charge >= 0.3 is 0 Å². The van der Waals surface area contributed by atoms with Crippen LogP contribution < -0.4 is 10.0 Å². The standard InChI is InChI=1S/C14H23FN2O2S2/c1-5-16-9-12-6-13(15)11(3)14(7-12)21(18,19)17-8-10(2)20-4/h6-7,10,16-17H,5,8-9H2,1-4H3. The summed E-state index contributed by atoms with van der Waals surface area (Å²) in [6.45, 7) is 6.86. The lowest BCUT2D eigenvalue weighted by molar-refractivity contribution is 0.572.